The van der Waals surface area contributed by atoms with Crippen LogP contribution in [0.1, 0.15) is 29.7 Å². The lowest BCUT2D eigenvalue weighted by molar-refractivity contribution is -0.136. The van der Waals surface area contributed by atoms with Gasteiger partial charge in [0.15, 0.2) is 0 Å². The van der Waals surface area contributed by atoms with Gasteiger partial charge in [0.1, 0.15) is 0 Å². The average Bonchev–Trinajstić information content (AvgIpc) is 2.51. The molecule has 0 radical (unpaired) electrons. The lowest BCUT2D eigenvalue weighted by Gasteiger charge is -2.14. The first-order valence-corrected chi connectivity index (χ1v) is 7.21. The van der Waals surface area contributed by atoms with Crippen molar-refractivity contribution in [1.82, 2.24) is 5.32 Å². The molecule has 22 heavy (non-hydrogen) atoms. The van der Waals surface area contributed by atoms with Crippen LogP contribution >= 0.6 is 0 Å². The van der Waals surface area contributed by atoms with E-state index in [9.17, 15) is 9.59 Å². The molecule has 2 rings (SSSR count). The molecular weight excluding hydrogens is 276 g/mol. The minimum Gasteiger partial charge on any atom is -0.341 e. The Morgan fingerprint density at radius 3 is 2.23 bits per heavy atom. The smallest absolute Gasteiger partial charge is 0.313 e. The molecule has 2 aromatic carbocycles. The minimum absolute atomic E-state index is 0.223. The molecule has 1 atom stereocenters. The van der Waals surface area contributed by atoms with Gasteiger partial charge >= 0.3 is 11.8 Å². The molecule has 2 amide bonds. The average molecular weight is 296 g/mol. The fourth-order valence-corrected chi connectivity index (χ4v) is 2.09. The first-order chi connectivity index (χ1) is 10.5. The molecule has 4 heteroatoms. The predicted molar refractivity (Wildman–Crippen MR) is 87.5 cm³/mol. The molecule has 0 saturated carbocycles. The lowest BCUT2D eigenvalue weighted by Crippen LogP contribution is -2.36. The summed E-state index contributed by atoms with van der Waals surface area (Å²) in [5.74, 6) is -1.30. The maximum absolute atomic E-state index is 12.0. The lowest BCUT2D eigenvalue weighted by atomic mass is 10.1. The van der Waals surface area contributed by atoms with E-state index in [2.05, 4.69) is 10.6 Å². The van der Waals surface area contributed by atoms with Gasteiger partial charge in [0.25, 0.3) is 0 Å². The van der Waals surface area contributed by atoms with Gasteiger partial charge in [-0.15, -0.1) is 0 Å². The second-order valence-electron chi connectivity index (χ2n) is 5.36. The molecule has 2 N–H and O–H groups in total. The normalized spacial score (nSPS) is 11.6. The van der Waals surface area contributed by atoms with Crippen molar-refractivity contribution in [2.75, 3.05) is 5.32 Å². The van der Waals surface area contributed by atoms with Crippen molar-refractivity contribution in [2.24, 2.45) is 0 Å². The summed E-state index contributed by atoms with van der Waals surface area (Å²) in [4.78, 5) is 23.9. The third kappa shape index (κ3) is 3.95. The van der Waals surface area contributed by atoms with Crippen molar-refractivity contribution in [1.29, 1.82) is 0 Å². The van der Waals surface area contributed by atoms with Gasteiger partial charge in [0, 0.05) is 5.69 Å². The van der Waals surface area contributed by atoms with E-state index >= 15 is 0 Å². The van der Waals surface area contributed by atoms with Crippen molar-refractivity contribution in [3.05, 3.63) is 65.2 Å². The Bertz CT molecular complexity index is 681. The SMILES string of the molecule is Cc1ccc(NC(=O)C(=O)N[C@H](C)c2ccccc2)cc1C. The van der Waals surface area contributed by atoms with Gasteiger partial charge in [-0.2, -0.15) is 0 Å². The molecule has 0 aliphatic heterocycles. The van der Waals surface area contributed by atoms with E-state index in [1.54, 1.807) is 6.07 Å². The maximum Gasteiger partial charge on any atom is 0.313 e. The van der Waals surface area contributed by atoms with Crippen molar-refractivity contribution in [2.45, 2.75) is 26.8 Å². The maximum atomic E-state index is 12.0. The second-order valence-corrected chi connectivity index (χ2v) is 5.36. The largest absolute Gasteiger partial charge is 0.341 e. The van der Waals surface area contributed by atoms with Crippen LogP contribution in [0.3, 0.4) is 0 Å². The minimum atomic E-state index is -0.661. The number of hydrogen-bond acceptors (Lipinski definition) is 2. The van der Waals surface area contributed by atoms with Crippen LogP contribution in [-0.2, 0) is 9.59 Å². The summed E-state index contributed by atoms with van der Waals surface area (Å²) >= 11 is 0. The van der Waals surface area contributed by atoms with Crippen molar-refractivity contribution in [3.8, 4) is 0 Å². The molecule has 4 nitrogen and oxygen atoms in total. The second kappa shape index (κ2) is 6.89. The molecule has 0 spiro atoms. The van der Waals surface area contributed by atoms with Crippen LogP contribution in [-0.4, -0.2) is 11.8 Å². The summed E-state index contributed by atoms with van der Waals surface area (Å²) in [6.45, 7) is 5.80. The van der Waals surface area contributed by atoms with E-state index in [0.717, 1.165) is 16.7 Å². The van der Waals surface area contributed by atoms with Gasteiger partial charge in [-0.25, -0.2) is 0 Å². The Balaban J connectivity index is 1.97. The third-order valence-corrected chi connectivity index (χ3v) is 3.62. The molecular formula is C18H20N2O2. The topological polar surface area (TPSA) is 58.2 Å². The van der Waals surface area contributed by atoms with Gasteiger partial charge in [0.2, 0.25) is 0 Å². The van der Waals surface area contributed by atoms with E-state index in [4.69, 9.17) is 0 Å². The zero-order valence-corrected chi connectivity index (χ0v) is 13.0. The number of nitrogens with one attached hydrogen (secondary N) is 2. The Hall–Kier alpha value is -2.62. The van der Waals surface area contributed by atoms with Crippen molar-refractivity contribution < 1.29 is 9.59 Å². The van der Waals surface area contributed by atoms with Gasteiger partial charge < -0.3 is 10.6 Å². The van der Waals surface area contributed by atoms with Crippen LogP contribution in [0.2, 0.25) is 0 Å². The molecule has 0 heterocycles. The Labute approximate surface area is 130 Å². The number of carbonyl (C=O) groups excluding carboxylic acids is 2. The number of hydrogen-bond donors (Lipinski definition) is 2. The van der Waals surface area contributed by atoms with Crippen LogP contribution in [0.5, 0.6) is 0 Å². The fourth-order valence-electron chi connectivity index (χ4n) is 2.09. The van der Waals surface area contributed by atoms with Gasteiger partial charge in [0.05, 0.1) is 6.04 Å². The van der Waals surface area contributed by atoms with E-state index in [-0.39, 0.29) is 6.04 Å². The number of benzene rings is 2. The van der Waals surface area contributed by atoms with E-state index < -0.39 is 11.8 Å². The van der Waals surface area contributed by atoms with Gasteiger partial charge in [-0.3, -0.25) is 9.59 Å². The standard InChI is InChI=1S/C18H20N2O2/c1-12-9-10-16(11-13(12)2)20-18(22)17(21)19-14(3)15-7-5-4-6-8-15/h4-11,14H,1-3H3,(H,19,21)(H,20,22)/t14-/m1/s1. The number of amides is 2. The summed E-state index contributed by atoms with van der Waals surface area (Å²) in [7, 11) is 0. The van der Waals surface area contributed by atoms with Crippen LogP contribution in [0, 0.1) is 13.8 Å². The summed E-state index contributed by atoms with van der Waals surface area (Å²) < 4.78 is 0. The Morgan fingerprint density at radius 2 is 1.59 bits per heavy atom. The van der Waals surface area contributed by atoms with Crippen LogP contribution in [0.15, 0.2) is 48.5 Å². The third-order valence-electron chi connectivity index (χ3n) is 3.62. The summed E-state index contributed by atoms with van der Waals surface area (Å²) in [5, 5.41) is 5.31. The van der Waals surface area contributed by atoms with Crippen LogP contribution < -0.4 is 10.6 Å². The Morgan fingerprint density at radius 1 is 0.909 bits per heavy atom. The number of carbonyl (C=O) groups is 2. The highest BCUT2D eigenvalue weighted by molar-refractivity contribution is 6.39. The monoisotopic (exact) mass is 296 g/mol. The molecule has 0 fully saturated rings. The highest BCUT2D eigenvalue weighted by atomic mass is 16.2. The van der Waals surface area contributed by atoms with E-state index in [1.165, 1.54) is 0 Å². The first-order valence-electron chi connectivity index (χ1n) is 7.21. The highest BCUT2D eigenvalue weighted by Crippen LogP contribution is 2.14. The number of rotatable bonds is 3. The molecule has 0 bridgehead atoms. The van der Waals surface area contributed by atoms with Crippen molar-refractivity contribution in [3.63, 3.8) is 0 Å². The van der Waals surface area contributed by atoms with Gasteiger partial charge in [-0.1, -0.05) is 36.4 Å². The molecule has 0 saturated heterocycles. The van der Waals surface area contributed by atoms with E-state index in [1.807, 2.05) is 63.2 Å². The highest BCUT2D eigenvalue weighted by Gasteiger charge is 2.17. The molecule has 0 aromatic heterocycles. The molecule has 0 aliphatic rings. The van der Waals surface area contributed by atoms with E-state index in [0.29, 0.717) is 5.69 Å². The molecule has 2 aromatic rings. The summed E-state index contributed by atoms with van der Waals surface area (Å²) in [5.41, 5.74) is 3.78. The van der Waals surface area contributed by atoms with Crippen LogP contribution in [0.4, 0.5) is 5.69 Å². The summed E-state index contributed by atoms with van der Waals surface area (Å²) in [6, 6.07) is 14.8. The summed E-state index contributed by atoms with van der Waals surface area (Å²) in [6.07, 6.45) is 0. The predicted octanol–water partition coefficient (Wildman–Crippen LogP) is 3.12. The van der Waals surface area contributed by atoms with Crippen molar-refractivity contribution >= 4 is 17.5 Å². The molecule has 114 valence electrons. The number of anilines is 1. The van der Waals surface area contributed by atoms with Crippen LogP contribution in [0.25, 0.3) is 0 Å². The fraction of sp³-hybridized carbons (Fsp3) is 0.222. The molecule has 0 unspecified atom stereocenters. The molecule has 0 aliphatic carbocycles. The quantitative estimate of drug-likeness (QED) is 0.855. The zero-order valence-electron chi connectivity index (χ0n) is 13.0. The zero-order chi connectivity index (χ0) is 16.1. The number of aryl methyl sites for hydroxylation is 2. The van der Waals surface area contributed by atoms with Gasteiger partial charge in [-0.05, 0) is 49.6 Å². The first kappa shape index (κ1) is 15.8. The Kier molecular flexibility index (Phi) is 4.94.